The lowest BCUT2D eigenvalue weighted by atomic mass is 10.2. The summed E-state index contributed by atoms with van der Waals surface area (Å²) in [6.45, 7) is 2.80. The molecule has 4 nitrogen and oxygen atoms in total. The highest BCUT2D eigenvalue weighted by atomic mass is 79.9. The highest BCUT2D eigenvalue weighted by Crippen LogP contribution is 2.27. The summed E-state index contributed by atoms with van der Waals surface area (Å²) in [5.74, 6) is 0.577. The van der Waals surface area contributed by atoms with Crippen LogP contribution in [0.15, 0.2) is 40.9 Å². The van der Waals surface area contributed by atoms with Crippen LogP contribution in [0.5, 0.6) is 11.5 Å². The molecule has 0 saturated heterocycles. The second kappa shape index (κ2) is 8.34. The van der Waals surface area contributed by atoms with E-state index in [-0.39, 0.29) is 0 Å². The summed E-state index contributed by atoms with van der Waals surface area (Å²) in [7, 11) is 1.61. The van der Waals surface area contributed by atoms with E-state index in [2.05, 4.69) is 15.9 Å². The van der Waals surface area contributed by atoms with Crippen molar-refractivity contribution >= 4 is 33.5 Å². The zero-order chi connectivity index (χ0) is 16.8. The number of halogens is 2. The third kappa shape index (κ3) is 4.96. The minimum absolute atomic E-state index is 0.405. The van der Waals surface area contributed by atoms with Gasteiger partial charge in [0.15, 0.2) is 0 Å². The molecule has 122 valence electrons. The molecule has 0 aromatic heterocycles. The number of benzene rings is 2. The number of hydrogen-bond donors (Lipinski definition) is 0. The van der Waals surface area contributed by atoms with Gasteiger partial charge in [-0.15, -0.1) is 0 Å². The van der Waals surface area contributed by atoms with Gasteiger partial charge in [-0.2, -0.15) is 0 Å². The van der Waals surface area contributed by atoms with Gasteiger partial charge in [0.2, 0.25) is 0 Å². The first-order valence-electron chi connectivity index (χ1n) is 6.91. The normalized spacial score (nSPS) is 10.4. The molecule has 0 fully saturated rings. The van der Waals surface area contributed by atoms with Crippen molar-refractivity contribution in [1.82, 2.24) is 0 Å². The Bertz CT molecular complexity index is 703. The Labute approximate surface area is 148 Å². The van der Waals surface area contributed by atoms with Crippen LogP contribution < -0.4 is 9.47 Å². The Morgan fingerprint density at radius 1 is 1.17 bits per heavy atom. The average molecular weight is 400 g/mol. The van der Waals surface area contributed by atoms with Gasteiger partial charge in [-0.1, -0.05) is 17.7 Å². The largest absolute Gasteiger partial charge is 0.490 e. The third-order valence-corrected chi connectivity index (χ3v) is 4.09. The Kier molecular flexibility index (Phi) is 6.45. The molecule has 0 saturated carbocycles. The van der Waals surface area contributed by atoms with Crippen molar-refractivity contribution in [3.63, 3.8) is 0 Å². The van der Waals surface area contributed by atoms with Gasteiger partial charge in [0.05, 0.1) is 16.6 Å². The van der Waals surface area contributed by atoms with Crippen LogP contribution in [-0.2, 0) is 4.74 Å². The first-order chi connectivity index (χ1) is 11.0. The quantitative estimate of drug-likeness (QED) is 0.403. The first-order valence-corrected chi connectivity index (χ1v) is 8.08. The van der Waals surface area contributed by atoms with E-state index in [1.807, 2.05) is 6.92 Å². The summed E-state index contributed by atoms with van der Waals surface area (Å²) in [6, 6.07) is 10.1. The minimum Gasteiger partial charge on any atom is -0.490 e. The molecule has 0 radical (unpaired) electrons. The predicted molar refractivity (Wildman–Crippen MR) is 92.7 cm³/mol. The van der Waals surface area contributed by atoms with E-state index in [1.165, 1.54) is 0 Å². The summed E-state index contributed by atoms with van der Waals surface area (Å²) in [4.78, 5) is 12.2. The van der Waals surface area contributed by atoms with Crippen LogP contribution in [0.4, 0.5) is 0 Å². The summed E-state index contributed by atoms with van der Waals surface area (Å²) in [6.07, 6.45) is 0. The zero-order valence-corrected chi connectivity index (χ0v) is 15.1. The molecule has 2 rings (SSSR count). The number of rotatable bonds is 6. The molecule has 0 spiro atoms. The van der Waals surface area contributed by atoms with Crippen molar-refractivity contribution in [2.45, 2.75) is 6.92 Å². The highest BCUT2D eigenvalue weighted by Gasteiger charge is 2.12. The van der Waals surface area contributed by atoms with Crippen molar-refractivity contribution in [2.75, 3.05) is 20.3 Å². The molecule has 2 aromatic rings. The van der Waals surface area contributed by atoms with Gasteiger partial charge in [-0.05, 0) is 58.7 Å². The molecule has 2 aromatic carbocycles. The summed E-state index contributed by atoms with van der Waals surface area (Å²) in [5, 5.41) is 0.554. The van der Waals surface area contributed by atoms with Crippen molar-refractivity contribution in [1.29, 1.82) is 0 Å². The second-order valence-electron chi connectivity index (χ2n) is 4.79. The van der Waals surface area contributed by atoms with Crippen LogP contribution in [0.2, 0.25) is 5.02 Å². The molecule has 0 atom stereocenters. The van der Waals surface area contributed by atoms with Crippen LogP contribution >= 0.6 is 27.5 Å². The fourth-order valence-electron chi connectivity index (χ4n) is 1.78. The summed E-state index contributed by atoms with van der Waals surface area (Å²) < 4.78 is 16.4. The third-order valence-electron chi connectivity index (χ3n) is 3.07. The predicted octanol–water partition coefficient (Wildman–Crippen LogP) is 4.66. The van der Waals surface area contributed by atoms with E-state index in [1.54, 1.807) is 43.5 Å². The number of methoxy groups -OCH3 is 1. The lowest BCUT2D eigenvalue weighted by Gasteiger charge is -2.10. The standard InChI is InChI=1S/C17H16BrClO4/c1-11-3-5-13(10-15(11)19)23-17(20)12-4-6-16(14(18)9-12)22-8-7-21-2/h3-6,9-10H,7-8H2,1-2H3. The molecule has 23 heavy (non-hydrogen) atoms. The van der Waals surface area contributed by atoms with E-state index in [9.17, 15) is 4.79 Å². The molecule has 0 unspecified atom stereocenters. The van der Waals surface area contributed by atoms with E-state index in [0.717, 1.165) is 5.56 Å². The Hall–Kier alpha value is -1.56. The lowest BCUT2D eigenvalue weighted by molar-refractivity contribution is 0.0734. The van der Waals surface area contributed by atoms with Gasteiger partial charge in [0.25, 0.3) is 0 Å². The van der Waals surface area contributed by atoms with E-state index in [0.29, 0.717) is 39.8 Å². The maximum absolute atomic E-state index is 12.2. The number of hydrogen-bond acceptors (Lipinski definition) is 4. The van der Waals surface area contributed by atoms with Gasteiger partial charge >= 0.3 is 5.97 Å². The SMILES string of the molecule is COCCOc1ccc(C(=O)Oc2ccc(C)c(Cl)c2)cc1Br. The minimum atomic E-state index is -0.464. The van der Waals surface area contributed by atoms with Gasteiger partial charge in [-0.3, -0.25) is 0 Å². The maximum Gasteiger partial charge on any atom is 0.343 e. The van der Waals surface area contributed by atoms with Gasteiger partial charge < -0.3 is 14.2 Å². The van der Waals surface area contributed by atoms with Gasteiger partial charge in [-0.25, -0.2) is 4.79 Å². The number of aryl methyl sites for hydroxylation is 1. The van der Waals surface area contributed by atoms with Crippen LogP contribution in [0.1, 0.15) is 15.9 Å². The highest BCUT2D eigenvalue weighted by molar-refractivity contribution is 9.10. The van der Waals surface area contributed by atoms with Crippen LogP contribution in [0.3, 0.4) is 0 Å². The molecule has 0 amide bonds. The molecule has 0 bridgehead atoms. The Morgan fingerprint density at radius 3 is 2.61 bits per heavy atom. The van der Waals surface area contributed by atoms with Crippen molar-refractivity contribution in [3.8, 4) is 11.5 Å². The fourth-order valence-corrected chi connectivity index (χ4v) is 2.45. The number of esters is 1. The summed E-state index contributed by atoms with van der Waals surface area (Å²) in [5.41, 5.74) is 1.33. The first kappa shape index (κ1) is 17.8. The molecule has 6 heteroatoms. The Morgan fingerprint density at radius 2 is 1.96 bits per heavy atom. The van der Waals surface area contributed by atoms with Gasteiger partial charge in [0, 0.05) is 12.1 Å². The van der Waals surface area contributed by atoms with E-state index < -0.39 is 5.97 Å². The topological polar surface area (TPSA) is 44.8 Å². The second-order valence-corrected chi connectivity index (χ2v) is 6.05. The molecule has 0 aliphatic carbocycles. The van der Waals surface area contributed by atoms with Crippen LogP contribution in [-0.4, -0.2) is 26.3 Å². The smallest absolute Gasteiger partial charge is 0.343 e. The van der Waals surface area contributed by atoms with Crippen molar-refractivity contribution < 1.29 is 19.0 Å². The number of ether oxygens (including phenoxy) is 3. The maximum atomic E-state index is 12.2. The number of carbonyl (C=O) groups is 1. The van der Waals surface area contributed by atoms with Gasteiger partial charge in [0.1, 0.15) is 18.1 Å². The van der Waals surface area contributed by atoms with E-state index in [4.69, 9.17) is 25.8 Å². The van der Waals surface area contributed by atoms with Crippen molar-refractivity contribution in [2.24, 2.45) is 0 Å². The van der Waals surface area contributed by atoms with E-state index >= 15 is 0 Å². The molecular formula is C17H16BrClO4. The molecule has 0 aliphatic heterocycles. The van der Waals surface area contributed by atoms with Crippen LogP contribution in [0.25, 0.3) is 0 Å². The van der Waals surface area contributed by atoms with Crippen LogP contribution in [0, 0.1) is 6.92 Å². The number of carbonyl (C=O) groups excluding carboxylic acids is 1. The monoisotopic (exact) mass is 398 g/mol. The lowest BCUT2D eigenvalue weighted by Crippen LogP contribution is -2.09. The average Bonchev–Trinajstić information content (AvgIpc) is 2.52. The summed E-state index contributed by atoms with van der Waals surface area (Å²) >= 11 is 9.40. The fraction of sp³-hybridized carbons (Fsp3) is 0.235. The molecule has 0 N–H and O–H groups in total. The van der Waals surface area contributed by atoms with Crippen molar-refractivity contribution in [3.05, 3.63) is 57.0 Å². The zero-order valence-electron chi connectivity index (χ0n) is 12.8. The molecule has 0 heterocycles. The Balaban J connectivity index is 2.07. The molecule has 0 aliphatic rings. The molecular weight excluding hydrogens is 384 g/mol.